The Morgan fingerprint density at radius 1 is 1.08 bits per heavy atom. The smallest absolute Gasteiger partial charge is 0.333 e. The van der Waals surface area contributed by atoms with Gasteiger partial charge >= 0.3 is 5.69 Å². The van der Waals surface area contributed by atoms with Gasteiger partial charge in [-0.1, -0.05) is 36.4 Å². The fourth-order valence-corrected chi connectivity index (χ4v) is 4.35. The van der Waals surface area contributed by atoms with Gasteiger partial charge in [-0.2, -0.15) is 5.26 Å². The van der Waals surface area contributed by atoms with Crippen LogP contribution in [0.5, 0.6) is 5.88 Å². The van der Waals surface area contributed by atoms with E-state index in [0.29, 0.717) is 45.9 Å². The molecule has 0 atom stereocenters. The number of methoxy groups -OCH3 is 1. The van der Waals surface area contributed by atoms with E-state index < -0.39 is 17.1 Å². The molecule has 1 aliphatic heterocycles. The van der Waals surface area contributed by atoms with E-state index in [0.717, 1.165) is 9.13 Å². The van der Waals surface area contributed by atoms with Gasteiger partial charge in [-0.05, 0) is 18.6 Å². The second-order valence-electron chi connectivity index (χ2n) is 8.29. The van der Waals surface area contributed by atoms with Gasteiger partial charge in [0.25, 0.3) is 5.56 Å². The number of rotatable bonds is 6. The van der Waals surface area contributed by atoms with Gasteiger partial charge in [0.2, 0.25) is 5.88 Å². The van der Waals surface area contributed by atoms with Gasteiger partial charge < -0.3 is 14.8 Å². The molecule has 0 bridgehead atoms. The van der Waals surface area contributed by atoms with Crippen molar-refractivity contribution in [2.45, 2.75) is 13.0 Å². The Bertz CT molecular complexity index is 1800. The summed E-state index contributed by atoms with van der Waals surface area (Å²) in [5.41, 5.74) is -0.435. The summed E-state index contributed by atoms with van der Waals surface area (Å²) >= 11 is 0. The third kappa shape index (κ3) is 3.62. The van der Waals surface area contributed by atoms with E-state index in [1.54, 1.807) is 25.3 Å². The minimum absolute atomic E-state index is 0.0668. The van der Waals surface area contributed by atoms with Crippen molar-refractivity contribution >= 4 is 16.3 Å². The van der Waals surface area contributed by atoms with Gasteiger partial charge in [-0.3, -0.25) is 13.9 Å². The van der Waals surface area contributed by atoms with Gasteiger partial charge in [-0.15, -0.1) is 0 Å². The highest BCUT2D eigenvalue weighted by molar-refractivity contribution is 6.04. The summed E-state index contributed by atoms with van der Waals surface area (Å²) < 4.78 is 7.15. The molecule has 0 amide bonds. The number of allylic oxidation sites excluding steroid dienone is 1. The molecule has 180 valence electrons. The maximum absolute atomic E-state index is 13.5. The predicted octanol–water partition coefficient (Wildman–Crippen LogP) is 1.58. The quantitative estimate of drug-likeness (QED) is 0.317. The molecule has 1 aliphatic rings. The lowest BCUT2D eigenvalue weighted by molar-refractivity contribution is 0.189. The first-order valence-electron chi connectivity index (χ1n) is 11.3. The lowest BCUT2D eigenvalue weighted by Gasteiger charge is -2.12. The summed E-state index contributed by atoms with van der Waals surface area (Å²) in [5, 5.41) is 23.6. The molecular formula is C26H22N6O4. The predicted molar refractivity (Wildman–Crippen MR) is 133 cm³/mol. The Balaban J connectivity index is 1.78. The fourth-order valence-electron chi connectivity index (χ4n) is 4.35. The topological polar surface area (TPSA) is 138 Å². The number of fused-ring (bicyclic) bond motifs is 2. The van der Waals surface area contributed by atoms with E-state index >= 15 is 0 Å². The molecule has 5 rings (SSSR count). The SMILES string of the molecule is COCCCn1c(=O)c(-c2[nH]c(C(C#N)=C3N=c4ccccc4=N3)c3ccccc23)c(O)n(C)c1=O. The molecule has 4 aromatic rings. The third-order valence-corrected chi connectivity index (χ3v) is 6.13. The Morgan fingerprint density at radius 2 is 1.72 bits per heavy atom. The highest BCUT2D eigenvalue weighted by Gasteiger charge is 2.25. The number of hydrogen-bond donors (Lipinski definition) is 2. The number of nitrogens with one attached hydrogen (secondary N) is 1. The molecule has 0 radical (unpaired) electrons. The van der Waals surface area contributed by atoms with Crippen molar-refractivity contribution in [3.63, 3.8) is 0 Å². The molecule has 0 spiro atoms. The second kappa shape index (κ2) is 9.13. The summed E-state index contributed by atoms with van der Waals surface area (Å²) in [6, 6.07) is 16.7. The number of H-pyrrole nitrogens is 1. The first-order chi connectivity index (χ1) is 17.5. The van der Waals surface area contributed by atoms with Gasteiger partial charge in [0.1, 0.15) is 17.2 Å². The van der Waals surface area contributed by atoms with Gasteiger partial charge in [0, 0.05) is 38.1 Å². The zero-order chi connectivity index (χ0) is 25.4. The molecule has 2 N–H and O–H groups in total. The van der Waals surface area contributed by atoms with Crippen molar-refractivity contribution in [1.82, 2.24) is 14.1 Å². The number of aromatic amines is 1. The number of nitrogens with zero attached hydrogens (tertiary/aromatic N) is 5. The molecule has 0 saturated carbocycles. The summed E-state index contributed by atoms with van der Waals surface area (Å²) in [5.74, 6) is -0.223. The third-order valence-electron chi connectivity index (χ3n) is 6.13. The number of aromatic hydroxyl groups is 1. The van der Waals surface area contributed by atoms with Crippen LogP contribution in [0.15, 0.2) is 73.9 Å². The van der Waals surface area contributed by atoms with Gasteiger partial charge in [-0.25, -0.2) is 14.8 Å². The Morgan fingerprint density at radius 3 is 2.36 bits per heavy atom. The van der Waals surface area contributed by atoms with E-state index in [2.05, 4.69) is 21.0 Å². The number of ether oxygens (including phenoxy) is 1. The number of nitriles is 1. The zero-order valence-corrected chi connectivity index (χ0v) is 19.6. The van der Waals surface area contributed by atoms with Crippen molar-refractivity contribution in [2.24, 2.45) is 17.0 Å². The van der Waals surface area contributed by atoms with E-state index in [9.17, 15) is 20.0 Å². The van der Waals surface area contributed by atoms with Crippen molar-refractivity contribution < 1.29 is 9.84 Å². The minimum Gasteiger partial charge on any atom is -0.494 e. The Kier molecular flexibility index (Phi) is 5.83. The number of hydrogen-bond acceptors (Lipinski definition) is 7. The number of benzene rings is 2. The largest absolute Gasteiger partial charge is 0.494 e. The summed E-state index contributed by atoms with van der Waals surface area (Å²) in [6.07, 6.45) is 0.445. The Hall–Kier alpha value is -4.75. The maximum atomic E-state index is 13.5. The summed E-state index contributed by atoms with van der Waals surface area (Å²) in [4.78, 5) is 38.4. The summed E-state index contributed by atoms with van der Waals surface area (Å²) in [7, 11) is 2.94. The van der Waals surface area contributed by atoms with Crippen LogP contribution in [0.25, 0.3) is 27.6 Å². The van der Waals surface area contributed by atoms with Crippen LogP contribution in [0, 0.1) is 11.3 Å². The van der Waals surface area contributed by atoms with Gasteiger partial charge in [0.15, 0.2) is 5.82 Å². The fraction of sp³-hybridized carbons (Fsp3) is 0.192. The van der Waals surface area contributed by atoms with Crippen LogP contribution in [0.4, 0.5) is 0 Å². The standard InChI is InChI=1S/C26H22N6O4/c1-31-24(33)20(25(34)32(26(31)35)12-7-13-36-2)22-16-9-4-3-8-15(16)21(30-22)17(14-27)23-28-18-10-5-6-11-19(18)29-23/h3-6,8-11,30,33H,7,12-13H2,1-2H3. The van der Waals surface area contributed by atoms with Crippen LogP contribution in [-0.4, -0.2) is 32.9 Å². The average Bonchev–Trinajstić information content (AvgIpc) is 3.48. The van der Waals surface area contributed by atoms with Crippen molar-refractivity contribution in [2.75, 3.05) is 13.7 Å². The molecule has 0 saturated heterocycles. The lowest BCUT2D eigenvalue weighted by atomic mass is 10.1. The average molecular weight is 483 g/mol. The molecule has 2 aromatic heterocycles. The molecule has 0 fully saturated rings. The monoisotopic (exact) mass is 482 g/mol. The van der Waals surface area contributed by atoms with E-state index in [1.807, 2.05) is 30.3 Å². The molecule has 0 aliphatic carbocycles. The molecule has 2 aromatic carbocycles. The highest BCUT2D eigenvalue weighted by Crippen LogP contribution is 2.36. The van der Waals surface area contributed by atoms with Crippen LogP contribution in [-0.2, 0) is 18.3 Å². The molecule has 3 heterocycles. The molecular weight excluding hydrogens is 460 g/mol. The van der Waals surface area contributed by atoms with Crippen molar-refractivity contribution in [1.29, 1.82) is 5.26 Å². The van der Waals surface area contributed by atoms with Crippen molar-refractivity contribution in [3.05, 3.63) is 91.6 Å². The molecule has 0 unspecified atom stereocenters. The lowest BCUT2D eigenvalue weighted by Crippen LogP contribution is -2.40. The first kappa shape index (κ1) is 23.0. The van der Waals surface area contributed by atoms with Crippen LogP contribution in [0.2, 0.25) is 0 Å². The van der Waals surface area contributed by atoms with E-state index in [4.69, 9.17) is 4.74 Å². The van der Waals surface area contributed by atoms with Crippen LogP contribution >= 0.6 is 0 Å². The first-order valence-corrected chi connectivity index (χ1v) is 11.3. The number of aromatic nitrogens is 3. The second-order valence-corrected chi connectivity index (χ2v) is 8.29. The van der Waals surface area contributed by atoms with E-state index in [1.165, 1.54) is 7.05 Å². The summed E-state index contributed by atoms with van der Waals surface area (Å²) in [6.45, 7) is 0.498. The maximum Gasteiger partial charge on any atom is 0.333 e. The minimum atomic E-state index is -0.640. The highest BCUT2D eigenvalue weighted by atomic mass is 16.5. The molecule has 10 nitrogen and oxygen atoms in total. The van der Waals surface area contributed by atoms with Crippen molar-refractivity contribution in [3.8, 4) is 23.2 Å². The normalized spacial score (nSPS) is 12.2. The number of para-hydroxylation sites is 2. The van der Waals surface area contributed by atoms with Crippen LogP contribution < -0.4 is 22.0 Å². The molecule has 36 heavy (non-hydrogen) atoms. The van der Waals surface area contributed by atoms with E-state index in [-0.39, 0.29) is 23.5 Å². The Labute approximate surface area is 204 Å². The van der Waals surface area contributed by atoms with Crippen LogP contribution in [0.1, 0.15) is 12.1 Å². The van der Waals surface area contributed by atoms with Crippen LogP contribution in [0.3, 0.4) is 0 Å². The zero-order valence-electron chi connectivity index (χ0n) is 19.6. The molecule has 10 heteroatoms. The van der Waals surface area contributed by atoms with Gasteiger partial charge in [0.05, 0.1) is 22.1 Å².